The SMILES string of the molecule is COC(=O)CCCCN1C(=O)[C@](O)([C@H](C)/C=C/CC(=O)N2Cc3ccccc3C[C@H]2CO)c2cc(N3CCC3=O)ccc21. The standard InChI is InChI=1S/C33H39N3O7/c1-22(8-7-11-29(38)36-20-24-10-4-3-9-23(24)18-26(36)21-37)33(42)27-19-25(34-17-15-30(34)39)13-14-28(27)35(32(33)41)16-6-5-12-31(40)43-2/h3-4,7-10,13-14,19,22,26,37,42H,5-6,11-12,15-18,20-21H2,1-2H3/b8-7+/t22-,26+,33+/m1/s1. The summed E-state index contributed by atoms with van der Waals surface area (Å²) in [6, 6.07) is 12.8. The number of anilines is 2. The molecule has 2 N–H and O–H groups in total. The van der Waals surface area contributed by atoms with Crippen LogP contribution in [0.2, 0.25) is 0 Å². The Hall–Kier alpha value is -4.02. The minimum Gasteiger partial charge on any atom is -0.469 e. The topological polar surface area (TPSA) is 128 Å². The van der Waals surface area contributed by atoms with E-state index in [9.17, 15) is 29.4 Å². The largest absolute Gasteiger partial charge is 0.469 e. The minimum absolute atomic E-state index is 0.0135. The van der Waals surface area contributed by atoms with Crippen molar-refractivity contribution in [3.63, 3.8) is 0 Å². The molecular weight excluding hydrogens is 550 g/mol. The molecule has 3 amide bonds. The van der Waals surface area contributed by atoms with Gasteiger partial charge in [0.1, 0.15) is 0 Å². The number of rotatable bonds is 11. The molecule has 1 fully saturated rings. The lowest BCUT2D eigenvalue weighted by Gasteiger charge is -2.36. The molecule has 1 saturated heterocycles. The van der Waals surface area contributed by atoms with Crippen LogP contribution >= 0.6 is 0 Å². The fourth-order valence-electron chi connectivity index (χ4n) is 6.23. The first-order valence-corrected chi connectivity index (χ1v) is 14.9. The lowest BCUT2D eigenvalue weighted by atomic mass is 9.82. The van der Waals surface area contributed by atoms with Crippen LogP contribution in [0.3, 0.4) is 0 Å². The Labute approximate surface area is 251 Å². The van der Waals surface area contributed by atoms with Gasteiger partial charge in [-0.2, -0.15) is 0 Å². The number of hydrogen-bond donors (Lipinski definition) is 2. The van der Waals surface area contributed by atoms with Gasteiger partial charge in [0.2, 0.25) is 11.8 Å². The number of nitrogens with zero attached hydrogens (tertiary/aromatic N) is 3. The van der Waals surface area contributed by atoms with E-state index >= 15 is 0 Å². The molecule has 10 nitrogen and oxygen atoms in total. The van der Waals surface area contributed by atoms with E-state index in [0.29, 0.717) is 62.3 Å². The zero-order chi connectivity index (χ0) is 30.7. The van der Waals surface area contributed by atoms with Crippen molar-refractivity contribution in [3.8, 4) is 0 Å². The fraction of sp³-hybridized carbons (Fsp3) is 0.455. The van der Waals surface area contributed by atoms with E-state index in [2.05, 4.69) is 0 Å². The number of β-lactam (4-membered cyclic amide) rings is 1. The Morgan fingerprint density at radius 2 is 1.91 bits per heavy atom. The van der Waals surface area contributed by atoms with E-state index in [1.807, 2.05) is 24.3 Å². The van der Waals surface area contributed by atoms with Crippen molar-refractivity contribution in [1.29, 1.82) is 0 Å². The number of methoxy groups -OCH3 is 1. The predicted octanol–water partition coefficient (Wildman–Crippen LogP) is 2.83. The summed E-state index contributed by atoms with van der Waals surface area (Å²) >= 11 is 0. The van der Waals surface area contributed by atoms with Gasteiger partial charge < -0.3 is 29.6 Å². The summed E-state index contributed by atoms with van der Waals surface area (Å²) in [4.78, 5) is 55.6. The predicted molar refractivity (Wildman–Crippen MR) is 160 cm³/mol. The maximum Gasteiger partial charge on any atom is 0.305 e. The first-order valence-electron chi connectivity index (χ1n) is 14.9. The maximum atomic E-state index is 13.8. The van der Waals surface area contributed by atoms with Crippen molar-refractivity contribution in [2.45, 2.75) is 63.6 Å². The molecule has 0 bridgehead atoms. The molecule has 3 aliphatic heterocycles. The molecule has 10 heteroatoms. The molecule has 2 aromatic carbocycles. The summed E-state index contributed by atoms with van der Waals surface area (Å²) < 4.78 is 4.71. The lowest BCUT2D eigenvalue weighted by molar-refractivity contribution is -0.140. The number of carbonyl (C=O) groups excluding carboxylic acids is 4. The molecule has 228 valence electrons. The number of aliphatic hydroxyl groups excluding tert-OH is 1. The van der Waals surface area contributed by atoms with E-state index in [4.69, 9.17) is 4.74 Å². The highest BCUT2D eigenvalue weighted by Crippen LogP contribution is 2.47. The molecular formula is C33H39N3O7. The number of carbonyl (C=O) groups is 4. The monoisotopic (exact) mass is 589 g/mol. The quantitative estimate of drug-likeness (QED) is 0.179. The normalized spacial score (nSPS) is 22.0. The average Bonchev–Trinajstić information content (AvgIpc) is 3.23. The molecule has 0 radical (unpaired) electrons. The molecule has 0 unspecified atom stereocenters. The highest BCUT2D eigenvalue weighted by molar-refractivity contribution is 6.08. The van der Waals surface area contributed by atoms with E-state index in [0.717, 1.165) is 11.1 Å². The lowest BCUT2D eigenvalue weighted by Crippen LogP contribution is -2.46. The molecule has 43 heavy (non-hydrogen) atoms. The van der Waals surface area contributed by atoms with E-state index < -0.39 is 17.4 Å². The van der Waals surface area contributed by atoms with Gasteiger partial charge in [-0.1, -0.05) is 43.3 Å². The summed E-state index contributed by atoms with van der Waals surface area (Å²) in [5, 5.41) is 22.0. The number of fused-ring (bicyclic) bond motifs is 2. The van der Waals surface area contributed by atoms with E-state index in [1.54, 1.807) is 52.0 Å². The minimum atomic E-state index is -1.90. The molecule has 3 aliphatic rings. The third-order valence-electron chi connectivity index (χ3n) is 8.92. The first kappa shape index (κ1) is 30.4. The summed E-state index contributed by atoms with van der Waals surface area (Å²) in [6.45, 7) is 2.90. The first-order chi connectivity index (χ1) is 20.7. The van der Waals surface area contributed by atoms with Crippen LogP contribution in [0.15, 0.2) is 54.6 Å². The number of unbranched alkanes of at least 4 members (excludes halogenated alkanes) is 1. The Balaban J connectivity index is 1.33. The molecule has 0 aliphatic carbocycles. The van der Waals surface area contributed by atoms with Crippen LogP contribution in [-0.4, -0.2) is 71.7 Å². The third kappa shape index (κ3) is 5.81. The summed E-state index contributed by atoms with van der Waals surface area (Å²) in [6.07, 6.45) is 5.76. The smallest absolute Gasteiger partial charge is 0.305 e. The van der Waals surface area contributed by atoms with Crippen LogP contribution in [0.25, 0.3) is 0 Å². The number of ether oxygens (including phenoxy) is 1. The molecule has 2 aromatic rings. The highest BCUT2D eigenvalue weighted by Gasteiger charge is 2.52. The second kappa shape index (κ2) is 12.7. The number of hydrogen-bond acceptors (Lipinski definition) is 7. The van der Waals surface area contributed by atoms with Gasteiger partial charge in [0.05, 0.1) is 25.4 Å². The van der Waals surface area contributed by atoms with Crippen LogP contribution in [0.4, 0.5) is 11.4 Å². The average molecular weight is 590 g/mol. The van der Waals surface area contributed by atoms with Gasteiger partial charge in [0.25, 0.3) is 5.91 Å². The molecule has 0 saturated carbocycles. The molecule has 5 rings (SSSR count). The second-order valence-electron chi connectivity index (χ2n) is 11.5. The van der Waals surface area contributed by atoms with Crippen molar-refractivity contribution in [2.24, 2.45) is 5.92 Å². The Bertz CT molecular complexity index is 1440. The Kier molecular flexibility index (Phi) is 8.98. The molecule has 0 spiro atoms. The number of amides is 3. The summed E-state index contributed by atoms with van der Waals surface area (Å²) in [5.41, 5.74) is 1.89. The third-order valence-corrected chi connectivity index (χ3v) is 8.92. The van der Waals surface area contributed by atoms with Gasteiger partial charge in [-0.15, -0.1) is 0 Å². The van der Waals surface area contributed by atoms with Crippen molar-refractivity contribution in [1.82, 2.24) is 4.90 Å². The van der Waals surface area contributed by atoms with E-state index in [-0.39, 0.29) is 43.3 Å². The second-order valence-corrected chi connectivity index (χ2v) is 11.5. The fourth-order valence-corrected chi connectivity index (χ4v) is 6.23. The maximum absolute atomic E-state index is 13.8. The Morgan fingerprint density at radius 1 is 1.14 bits per heavy atom. The van der Waals surface area contributed by atoms with Crippen LogP contribution in [-0.2, 0) is 42.5 Å². The van der Waals surface area contributed by atoms with Crippen LogP contribution in [0.5, 0.6) is 0 Å². The van der Waals surface area contributed by atoms with Gasteiger partial charge in [-0.3, -0.25) is 19.2 Å². The zero-order valence-electron chi connectivity index (χ0n) is 24.7. The molecule has 3 heterocycles. The Morgan fingerprint density at radius 3 is 2.58 bits per heavy atom. The number of benzene rings is 2. The van der Waals surface area contributed by atoms with Crippen LogP contribution in [0.1, 0.15) is 55.7 Å². The van der Waals surface area contributed by atoms with Gasteiger partial charge in [0, 0.05) is 56.1 Å². The summed E-state index contributed by atoms with van der Waals surface area (Å²) in [7, 11) is 1.34. The van der Waals surface area contributed by atoms with Gasteiger partial charge >= 0.3 is 5.97 Å². The number of aliphatic hydroxyl groups is 2. The highest BCUT2D eigenvalue weighted by atomic mass is 16.5. The number of esters is 1. The van der Waals surface area contributed by atoms with Crippen molar-refractivity contribution < 1.29 is 34.1 Å². The van der Waals surface area contributed by atoms with Crippen molar-refractivity contribution >= 4 is 35.1 Å². The zero-order valence-corrected chi connectivity index (χ0v) is 24.7. The van der Waals surface area contributed by atoms with Gasteiger partial charge in [0.15, 0.2) is 5.60 Å². The summed E-state index contributed by atoms with van der Waals surface area (Å²) in [5.74, 6) is -1.65. The van der Waals surface area contributed by atoms with Gasteiger partial charge in [-0.25, -0.2) is 0 Å². The van der Waals surface area contributed by atoms with E-state index in [1.165, 1.54) is 7.11 Å². The van der Waals surface area contributed by atoms with Crippen LogP contribution in [0, 0.1) is 5.92 Å². The van der Waals surface area contributed by atoms with Crippen molar-refractivity contribution in [3.05, 3.63) is 71.3 Å². The van der Waals surface area contributed by atoms with Gasteiger partial charge in [-0.05, 0) is 48.6 Å². The van der Waals surface area contributed by atoms with Crippen LogP contribution < -0.4 is 9.80 Å². The molecule has 0 aromatic heterocycles. The van der Waals surface area contributed by atoms with Crippen molar-refractivity contribution in [2.75, 3.05) is 36.6 Å². The molecule has 3 atom stereocenters.